The van der Waals surface area contributed by atoms with Crippen molar-refractivity contribution in [3.63, 3.8) is 0 Å². The topological polar surface area (TPSA) is 129 Å². The second-order valence-corrected chi connectivity index (χ2v) is 9.46. The van der Waals surface area contributed by atoms with Crippen molar-refractivity contribution in [1.82, 2.24) is 25.6 Å². The highest BCUT2D eigenvalue weighted by molar-refractivity contribution is 6.09. The van der Waals surface area contributed by atoms with E-state index in [0.717, 1.165) is 12.8 Å². The molecule has 36 heavy (non-hydrogen) atoms. The van der Waals surface area contributed by atoms with Crippen LogP contribution in [0.2, 0.25) is 0 Å². The molecular formula is C25H27F2N5O4. The number of hydrogen-bond donors (Lipinski definition) is 4. The lowest BCUT2D eigenvalue weighted by Crippen LogP contribution is -2.40. The van der Waals surface area contributed by atoms with Crippen LogP contribution in [0.4, 0.5) is 8.78 Å². The number of aromatic amines is 1. The van der Waals surface area contributed by atoms with Gasteiger partial charge in [0.1, 0.15) is 41.9 Å². The normalized spacial score (nSPS) is 21.5. The number of amides is 2. The number of fused-ring (bicyclic) bond motifs is 1. The van der Waals surface area contributed by atoms with E-state index in [0.29, 0.717) is 46.3 Å². The number of halogens is 2. The van der Waals surface area contributed by atoms with Gasteiger partial charge in [0.05, 0.1) is 23.7 Å². The van der Waals surface area contributed by atoms with Crippen LogP contribution < -0.4 is 15.4 Å². The van der Waals surface area contributed by atoms with Gasteiger partial charge in [0.2, 0.25) is 5.91 Å². The van der Waals surface area contributed by atoms with E-state index in [1.165, 1.54) is 18.5 Å². The van der Waals surface area contributed by atoms with Crippen LogP contribution in [-0.4, -0.2) is 63.3 Å². The maximum atomic E-state index is 14.6. The van der Waals surface area contributed by atoms with Crippen LogP contribution in [-0.2, 0) is 4.79 Å². The lowest BCUT2D eigenvalue weighted by molar-refractivity contribution is -0.124. The number of nitrogens with one attached hydrogen (secondary N) is 3. The van der Waals surface area contributed by atoms with Crippen LogP contribution in [0.5, 0.6) is 5.75 Å². The van der Waals surface area contributed by atoms with Gasteiger partial charge in [-0.05, 0) is 50.3 Å². The Morgan fingerprint density at radius 2 is 2.03 bits per heavy atom. The number of H-pyrrole nitrogens is 1. The molecule has 1 aromatic carbocycles. The number of aliphatic hydroxyl groups excluding tert-OH is 1. The van der Waals surface area contributed by atoms with Crippen molar-refractivity contribution in [2.24, 2.45) is 5.92 Å². The van der Waals surface area contributed by atoms with E-state index in [1.54, 1.807) is 13.0 Å². The maximum absolute atomic E-state index is 14.6. The number of carbonyl (C=O) groups excluding carboxylic acids is 2. The minimum Gasteiger partial charge on any atom is -0.493 e. The van der Waals surface area contributed by atoms with E-state index in [2.05, 4.69) is 25.6 Å². The highest BCUT2D eigenvalue weighted by atomic mass is 19.1. The molecule has 9 nitrogen and oxygen atoms in total. The largest absolute Gasteiger partial charge is 0.493 e. The highest BCUT2D eigenvalue weighted by Crippen LogP contribution is 2.37. The number of rotatable bonds is 8. The van der Waals surface area contributed by atoms with E-state index >= 15 is 0 Å². The predicted molar refractivity (Wildman–Crippen MR) is 127 cm³/mol. The van der Waals surface area contributed by atoms with Crippen LogP contribution in [0.25, 0.3) is 22.3 Å². The van der Waals surface area contributed by atoms with Crippen LogP contribution >= 0.6 is 0 Å². The molecule has 0 aliphatic heterocycles. The zero-order chi connectivity index (χ0) is 25.4. The Hall–Kier alpha value is -3.60. The summed E-state index contributed by atoms with van der Waals surface area (Å²) in [4.78, 5) is 36.4. The molecule has 5 rings (SSSR count). The fourth-order valence-electron chi connectivity index (χ4n) is 4.68. The van der Waals surface area contributed by atoms with Crippen molar-refractivity contribution in [2.45, 2.75) is 50.9 Å². The highest BCUT2D eigenvalue weighted by Gasteiger charge is 2.37. The monoisotopic (exact) mass is 499 g/mol. The van der Waals surface area contributed by atoms with Crippen molar-refractivity contribution >= 4 is 22.8 Å². The third kappa shape index (κ3) is 4.88. The lowest BCUT2D eigenvalue weighted by Gasteiger charge is -2.15. The minimum atomic E-state index is -1.35. The Labute approximate surface area is 205 Å². The molecule has 2 aliphatic carbocycles. The summed E-state index contributed by atoms with van der Waals surface area (Å²) in [6.07, 6.45) is 2.40. The number of hydrogen-bond acceptors (Lipinski definition) is 6. The summed E-state index contributed by atoms with van der Waals surface area (Å²) in [5, 5.41) is 14.2. The van der Waals surface area contributed by atoms with Gasteiger partial charge in [0, 0.05) is 23.7 Å². The first-order valence-corrected chi connectivity index (χ1v) is 11.9. The number of alkyl halides is 1. The molecule has 190 valence electrons. The number of aliphatic hydroxyl groups is 1. The number of benzene rings is 1. The molecule has 3 atom stereocenters. The molecule has 2 aliphatic rings. The van der Waals surface area contributed by atoms with Gasteiger partial charge in [0.25, 0.3) is 5.91 Å². The van der Waals surface area contributed by atoms with Gasteiger partial charge < -0.3 is 25.5 Å². The molecule has 2 saturated carbocycles. The SMILES string of the molecule is Cc1[nH]c2c(-c3cc(F)ccc3OCC3CC3)ncnc2c1C(=O)N[C@@H]1C[C@H](NC(=O)CO)C[C@H]1F. The summed E-state index contributed by atoms with van der Waals surface area (Å²) in [7, 11) is 0. The molecule has 2 amide bonds. The van der Waals surface area contributed by atoms with E-state index in [1.807, 2.05) is 0 Å². The average molecular weight is 500 g/mol. The molecule has 2 heterocycles. The molecule has 0 spiro atoms. The second kappa shape index (κ2) is 9.81. The first kappa shape index (κ1) is 24.1. The number of nitrogens with zero attached hydrogens (tertiary/aromatic N) is 2. The van der Waals surface area contributed by atoms with Gasteiger partial charge in [-0.25, -0.2) is 18.7 Å². The molecule has 2 aromatic heterocycles. The summed E-state index contributed by atoms with van der Waals surface area (Å²) < 4.78 is 34.7. The number of ether oxygens (including phenoxy) is 1. The quantitative estimate of drug-likeness (QED) is 0.377. The molecule has 0 saturated heterocycles. The Bertz CT molecular complexity index is 1310. The van der Waals surface area contributed by atoms with Crippen molar-refractivity contribution < 1.29 is 28.2 Å². The summed E-state index contributed by atoms with van der Waals surface area (Å²) in [5.74, 6) is -0.565. The van der Waals surface area contributed by atoms with Gasteiger partial charge in [-0.1, -0.05) is 0 Å². The Balaban J connectivity index is 1.42. The maximum Gasteiger partial charge on any atom is 0.255 e. The summed E-state index contributed by atoms with van der Waals surface area (Å²) >= 11 is 0. The molecule has 4 N–H and O–H groups in total. The van der Waals surface area contributed by atoms with E-state index in [4.69, 9.17) is 9.84 Å². The third-order valence-electron chi connectivity index (χ3n) is 6.68. The first-order valence-electron chi connectivity index (χ1n) is 11.9. The number of aryl methyl sites for hydroxylation is 1. The van der Waals surface area contributed by atoms with Crippen molar-refractivity contribution in [3.05, 3.63) is 41.6 Å². The molecule has 11 heteroatoms. The van der Waals surface area contributed by atoms with Gasteiger partial charge in [-0.2, -0.15) is 0 Å². The summed E-state index contributed by atoms with van der Waals surface area (Å²) in [6.45, 7) is 1.55. The van der Waals surface area contributed by atoms with Crippen LogP contribution in [0.3, 0.4) is 0 Å². The fraction of sp³-hybridized carbons (Fsp3) is 0.440. The molecule has 2 fully saturated rings. The lowest BCUT2D eigenvalue weighted by atomic mass is 10.1. The van der Waals surface area contributed by atoms with Crippen LogP contribution in [0.15, 0.2) is 24.5 Å². The Kier molecular flexibility index (Phi) is 6.57. The van der Waals surface area contributed by atoms with E-state index in [9.17, 15) is 18.4 Å². The summed E-state index contributed by atoms with van der Waals surface area (Å²) in [6, 6.07) is 2.95. The molecule has 0 radical (unpaired) electrons. The van der Waals surface area contributed by atoms with Gasteiger partial charge in [-0.3, -0.25) is 9.59 Å². The smallest absolute Gasteiger partial charge is 0.255 e. The van der Waals surface area contributed by atoms with Crippen molar-refractivity contribution in [3.8, 4) is 17.0 Å². The van der Waals surface area contributed by atoms with Gasteiger partial charge in [0.15, 0.2) is 0 Å². The van der Waals surface area contributed by atoms with E-state index < -0.39 is 42.5 Å². The second-order valence-electron chi connectivity index (χ2n) is 9.46. The molecule has 0 unspecified atom stereocenters. The fourth-order valence-corrected chi connectivity index (χ4v) is 4.68. The zero-order valence-electron chi connectivity index (χ0n) is 19.7. The third-order valence-corrected chi connectivity index (χ3v) is 6.68. The molecule has 3 aromatic rings. The number of aromatic nitrogens is 3. The van der Waals surface area contributed by atoms with Crippen molar-refractivity contribution in [1.29, 1.82) is 0 Å². The van der Waals surface area contributed by atoms with Crippen LogP contribution in [0.1, 0.15) is 41.7 Å². The summed E-state index contributed by atoms with van der Waals surface area (Å²) in [5.41, 5.74) is 2.34. The number of carbonyl (C=O) groups is 2. The average Bonchev–Trinajstić information content (AvgIpc) is 3.53. The minimum absolute atomic E-state index is 0.0408. The standard InChI is InChI=1S/C25H27F2N5O4/c1-12-21(25(35)32-18-8-15(7-17(18)27)31-20(34)9-33)23-24(30-12)22(28-11-29-23)16-6-14(26)4-5-19(16)36-10-13-2-3-13/h4-6,11,13,15,17-18,30,33H,2-3,7-10H2,1H3,(H,31,34)(H,32,35)/t15-,17-,18-/m1/s1. The Morgan fingerprint density at radius 3 is 2.78 bits per heavy atom. The van der Waals surface area contributed by atoms with Gasteiger partial charge >= 0.3 is 0 Å². The zero-order valence-corrected chi connectivity index (χ0v) is 19.7. The van der Waals surface area contributed by atoms with E-state index in [-0.39, 0.29) is 18.4 Å². The van der Waals surface area contributed by atoms with Crippen molar-refractivity contribution in [2.75, 3.05) is 13.2 Å². The molecule has 0 bridgehead atoms. The van der Waals surface area contributed by atoms with Gasteiger partial charge in [-0.15, -0.1) is 0 Å². The molecular weight excluding hydrogens is 472 g/mol. The Morgan fingerprint density at radius 1 is 1.22 bits per heavy atom. The van der Waals surface area contributed by atoms with Crippen LogP contribution in [0, 0.1) is 18.7 Å². The predicted octanol–water partition coefficient (Wildman–Crippen LogP) is 2.57. The first-order chi connectivity index (χ1) is 17.3.